The number of nitrogens with two attached hydrogens (primary N) is 1. The summed E-state index contributed by atoms with van der Waals surface area (Å²) in [6.45, 7) is 2.32. The van der Waals surface area contributed by atoms with Crippen LogP contribution in [0.3, 0.4) is 0 Å². The number of nitrogens with one attached hydrogen (secondary N) is 1. The van der Waals surface area contributed by atoms with E-state index in [1.807, 2.05) is 36.4 Å². The molecule has 2 aliphatic heterocycles. The van der Waals surface area contributed by atoms with Gasteiger partial charge in [-0.25, -0.2) is 4.79 Å². The van der Waals surface area contributed by atoms with E-state index in [2.05, 4.69) is 16.0 Å². The van der Waals surface area contributed by atoms with Crippen LogP contribution in [-0.4, -0.2) is 56.1 Å². The Kier molecular flexibility index (Phi) is 6.91. The molecule has 3 N–H and O–H groups in total. The fourth-order valence-corrected chi connectivity index (χ4v) is 5.25. The minimum absolute atomic E-state index is 0.000209. The Morgan fingerprint density at radius 1 is 1.05 bits per heavy atom. The zero-order valence-corrected chi connectivity index (χ0v) is 20.8. The van der Waals surface area contributed by atoms with Gasteiger partial charge in [-0.15, -0.1) is 0 Å². The van der Waals surface area contributed by atoms with Gasteiger partial charge in [-0.1, -0.05) is 12.1 Å². The lowest BCUT2D eigenvalue weighted by molar-refractivity contribution is -0.143. The molecule has 6 rings (SSSR count). The Hall–Kier alpha value is -3.27. The number of hydrogen-bond acceptors (Lipinski definition) is 7. The van der Waals surface area contributed by atoms with E-state index < -0.39 is 6.09 Å². The fourth-order valence-electron chi connectivity index (χ4n) is 5.25. The molecule has 1 aromatic heterocycles. The van der Waals surface area contributed by atoms with Gasteiger partial charge in [-0.2, -0.15) is 0 Å². The van der Waals surface area contributed by atoms with Gasteiger partial charge >= 0.3 is 6.09 Å². The molecule has 2 aromatic carbocycles. The van der Waals surface area contributed by atoms with Crippen LogP contribution in [0.4, 0.5) is 16.2 Å². The number of ether oxygens (including phenoxy) is 5. The minimum Gasteiger partial charge on any atom is -0.486 e. The first-order valence-electron chi connectivity index (χ1n) is 13.1. The van der Waals surface area contributed by atoms with Crippen LogP contribution in [0.1, 0.15) is 38.1 Å². The number of carbonyl (C=O) groups excluding carboxylic acids is 1. The molecule has 1 amide bonds. The van der Waals surface area contributed by atoms with Crippen LogP contribution in [0.2, 0.25) is 0 Å². The third kappa shape index (κ3) is 5.12. The highest BCUT2D eigenvalue weighted by atomic mass is 16.7. The van der Waals surface area contributed by atoms with Gasteiger partial charge in [0.05, 0.1) is 36.2 Å². The number of hydrogen-bond donors (Lipinski definition) is 2. The van der Waals surface area contributed by atoms with Crippen molar-refractivity contribution in [1.82, 2.24) is 4.57 Å². The quantitative estimate of drug-likeness (QED) is 0.459. The van der Waals surface area contributed by atoms with Gasteiger partial charge in [0.25, 0.3) is 0 Å². The van der Waals surface area contributed by atoms with E-state index in [9.17, 15) is 4.79 Å². The van der Waals surface area contributed by atoms with E-state index in [1.165, 1.54) is 6.42 Å². The summed E-state index contributed by atoms with van der Waals surface area (Å²) in [5.41, 5.74) is 11.3. The van der Waals surface area contributed by atoms with Crippen LogP contribution in [0.15, 0.2) is 42.5 Å². The summed E-state index contributed by atoms with van der Waals surface area (Å²) in [5, 5.41) is 3.77. The SMILES string of the molecule is Nc1c(-c2ccc(NC(=O)OC[C@H]3CCCO3)cc2)n(C2CCC2)c2ccc(OC3COCOC3)cc12. The topological polar surface area (TPSA) is 106 Å². The van der Waals surface area contributed by atoms with Crippen molar-refractivity contribution < 1.29 is 28.5 Å². The normalized spacial score (nSPS) is 20.6. The first-order chi connectivity index (χ1) is 18.2. The van der Waals surface area contributed by atoms with Crippen LogP contribution >= 0.6 is 0 Å². The molecule has 0 radical (unpaired) electrons. The Morgan fingerprint density at radius 3 is 2.57 bits per heavy atom. The predicted octanol–water partition coefficient (Wildman–Crippen LogP) is 5.09. The largest absolute Gasteiger partial charge is 0.486 e. The molecule has 3 heterocycles. The summed E-state index contributed by atoms with van der Waals surface area (Å²) >= 11 is 0. The van der Waals surface area contributed by atoms with Crippen molar-refractivity contribution in [3.8, 4) is 17.0 Å². The first kappa shape index (κ1) is 24.1. The molecule has 2 saturated heterocycles. The molecule has 3 aromatic rings. The molecule has 9 nitrogen and oxygen atoms in total. The van der Waals surface area contributed by atoms with Crippen LogP contribution < -0.4 is 15.8 Å². The van der Waals surface area contributed by atoms with E-state index >= 15 is 0 Å². The summed E-state index contributed by atoms with van der Waals surface area (Å²) in [7, 11) is 0. The molecule has 0 unspecified atom stereocenters. The van der Waals surface area contributed by atoms with Crippen LogP contribution in [0.5, 0.6) is 5.75 Å². The monoisotopic (exact) mass is 507 g/mol. The summed E-state index contributed by atoms with van der Waals surface area (Å²) in [6.07, 6.45) is 4.78. The number of rotatable bonds is 7. The molecule has 1 saturated carbocycles. The van der Waals surface area contributed by atoms with Crippen molar-refractivity contribution in [3.63, 3.8) is 0 Å². The Labute approximate surface area is 215 Å². The van der Waals surface area contributed by atoms with Crippen molar-refractivity contribution in [2.75, 3.05) is 44.3 Å². The lowest BCUT2D eigenvalue weighted by Crippen LogP contribution is -2.33. The Morgan fingerprint density at radius 2 is 1.86 bits per heavy atom. The molecule has 196 valence electrons. The fraction of sp³-hybridized carbons (Fsp3) is 0.464. The third-order valence-corrected chi connectivity index (χ3v) is 7.36. The average molecular weight is 508 g/mol. The number of aromatic nitrogens is 1. The lowest BCUT2D eigenvalue weighted by atomic mass is 9.92. The van der Waals surface area contributed by atoms with E-state index in [0.717, 1.165) is 65.9 Å². The molecule has 9 heteroatoms. The maximum atomic E-state index is 12.2. The minimum atomic E-state index is -0.479. The zero-order chi connectivity index (χ0) is 25.2. The number of anilines is 2. The molecular weight excluding hydrogens is 474 g/mol. The summed E-state index contributed by atoms with van der Waals surface area (Å²) in [6, 6.07) is 14.2. The van der Waals surface area contributed by atoms with E-state index in [4.69, 9.17) is 29.4 Å². The highest BCUT2D eigenvalue weighted by Gasteiger charge is 2.27. The van der Waals surface area contributed by atoms with Gasteiger partial charge in [0, 0.05) is 29.3 Å². The maximum absolute atomic E-state index is 12.2. The van der Waals surface area contributed by atoms with E-state index in [-0.39, 0.29) is 18.8 Å². The highest BCUT2D eigenvalue weighted by Crippen LogP contribution is 2.45. The first-order valence-corrected chi connectivity index (χ1v) is 13.1. The van der Waals surface area contributed by atoms with Crippen molar-refractivity contribution in [3.05, 3.63) is 42.5 Å². The van der Waals surface area contributed by atoms with Crippen molar-refractivity contribution in [2.24, 2.45) is 0 Å². The molecule has 1 atom stereocenters. The summed E-state index contributed by atoms with van der Waals surface area (Å²) in [5.74, 6) is 0.747. The average Bonchev–Trinajstić information content (AvgIpc) is 3.50. The molecule has 3 aliphatic rings. The van der Waals surface area contributed by atoms with Gasteiger partial charge < -0.3 is 34.0 Å². The van der Waals surface area contributed by atoms with Gasteiger partial charge in [-0.3, -0.25) is 5.32 Å². The molecule has 3 fully saturated rings. The molecule has 37 heavy (non-hydrogen) atoms. The lowest BCUT2D eigenvalue weighted by Gasteiger charge is -2.30. The maximum Gasteiger partial charge on any atom is 0.411 e. The Balaban J connectivity index is 1.23. The second-order valence-corrected chi connectivity index (χ2v) is 9.93. The number of benzene rings is 2. The number of amides is 1. The number of fused-ring (bicyclic) bond motifs is 1. The van der Waals surface area contributed by atoms with E-state index in [1.54, 1.807) is 0 Å². The van der Waals surface area contributed by atoms with Crippen LogP contribution in [-0.2, 0) is 18.9 Å². The Bertz CT molecular complexity index is 1240. The van der Waals surface area contributed by atoms with Crippen LogP contribution in [0.25, 0.3) is 22.2 Å². The van der Waals surface area contributed by atoms with Gasteiger partial charge in [0.15, 0.2) is 0 Å². The number of carbonyl (C=O) groups is 1. The molecule has 0 spiro atoms. The zero-order valence-electron chi connectivity index (χ0n) is 20.8. The number of nitrogen functional groups attached to an aromatic ring is 1. The molecule has 1 aliphatic carbocycles. The van der Waals surface area contributed by atoms with Crippen LogP contribution in [0, 0.1) is 0 Å². The summed E-state index contributed by atoms with van der Waals surface area (Å²) < 4.78 is 30.0. The van der Waals surface area contributed by atoms with Gasteiger partial charge in [-0.05, 0) is 62.4 Å². The third-order valence-electron chi connectivity index (χ3n) is 7.36. The van der Waals surface area contributed by atoms with Gasteiger partial charge in [0.1, 0.15) is 25.3 Å². The second-order valence-electron chi connectivity index (χ2n) is 9.93. The highest BCUT2D eigenvalue weighted by molar-refractivity contribution is 6.02. The molecule has 0 bridgehead atoms. The molecular formula is C28H33N3O6. The van der Waals surface area contributed by atoms with E-state index in [0.29, 0.717) is 31.7 Å². The second kappa shape index (κ2) is 10.6. The van der Waals surface area contributed by atoms with Crippen molar-refractivity contribution in [1.29, 1.82) is 0 Å². The summed E-state index contributed by atoms with van der Waals surface area (Å²) in [4.78, 5) is 12.2. The number of nitrogens with zero attached hydrogens (tertiary/aromatic N) is 1. The smallest absolute Gasteiger partial charge is 0.411 e. The predicted molar refractivity (Wildman–Crippen MR) is 140 cm³/mol. The van der Waals surface area contributed by atoms with Crippen molar-refractivity contribution >= 4 is 28.4 Å². The standard InChI is InChI=1S/C28H33N3O6/c29-26-24-13-21(37-23-14-33-17-34-15-23)10-11-25(24)31(20-3-1-4-20)27(26)18-6-8-19(9-7-18)30-28(32)36-16-22-5-2-12-35-22/h6-11,13,20,22-23H,1-5,12,14-17,29H2,(H,30,32)/t22-/m1/s1. The van der Waals surface area contributed by atoms with Gasteiger partial charge in [0.2, 0.25) is 0 Å². The van der Waals surface area contributed by atoms with Crippen molar-refractivity contribution in [2.45, 2.75) is 50.4 Å².